The van der Waals surface area contributed by atoms with Crippen LogP contribution in [0.25, 0.3) is 16.6 Å². The SMILES string of the molecule is CC1(CNC(=O)OC(C)(C)C)CCC(c2ccc(Cl)cc2)=C(CN2CCN(c3ccc(C(=O)O)c(Oc4cnc5[nH]ccc5c4)c3)CC2)C1. The lowest BCUT2D eigenvalue weighted by atomic mass is 9.71. The summed E-state index contributed by atoms with van der Waals surface area (Å²) in [6.07, 6.45) is 5.73. The quantitative estimate of drug-likeness (QED) is 0.162. The van der Waals surface area contributed by atoms with Crippen LogP contribution in [0.2, 0.25) is 5.02 Å². The molecule has 6 rings (SSSR count). The Hall–Kier alpha value is -4.54. The molecule has 1 saturated heterocycles. The molecule has 49 heavy (non-hydrogen) atoms. The first kappa shape index (κ1) is 34.3. The van der Waals surface area contributed by atoms with Crippen molar-refractivity contribution in [2.45, 2.75) is 52.6 Å². The number of aromatic amines is 1. The largest absolute Gasteiger partial charge is 0.478 e. The number of amides is 1. The maximum Gasteiger partial charge on any atom is 0.407 e. The second-order valence-corrected chi connectivity index (χ2v) is 14.8. The molecule has 0 spiro atoms. The molecule has 11 heteroatoms. The minimum atomic E-state index is -1.05. The third-order valence-corrected chi connectivity index (χ3v) is 9.50. The lowest BCUT2D eigenvalue weighted by molar-refractivity contribution is 0.0498. The number of carbonyl (C=O) groups excluding carboxylic acids is 1. The minimum absolute atomic E-state index is 0.0970. The number of fused-ring (bicyclic) bond motifs is 1. The van der Waals surface area contributed by atoms with Crippen LogP contribution in [0.3, 0.4) is 0 Å². The molecule has 3 heterocycles. The van der Waals surface area contributed by atoms with E-state index in [1.165, 1.54) is 16.7 Å². The molecule has 10 nitrogen and oxygen atoms in total. The van der Waals surface area contributed by atoms with E-state index in [0.29, 0.717) is 17.3 Å². The Bertz CT molecular complexity index is 1860. The highest BCUT2D eigenvalue weighted by Crippen LogP contribution is 2.43. The minimum Gasteiger partial charge on any atom is -0.478 e. The Morgan fingerprint density at radius 2 is 1.82 bits per heavy atom. The van der Waals surface area contributed by atoms with Crippen molar-refractivity contribution in [3.8, 4) is 11.5 Å². The van der Waals surface area contributed by atoms with Gasteiger partial charge < -0.3 is 29.8 Å². The lowest BCUT2D eigenvalue weighted by Crippen LogP contribution is -2.47. The van der Waals surface area contributed by atoms with E-state index in [9.17, 15) is 14.7 Å². The highest BCUT2D eigenvalue weighted by molar-refractivity contribution is 6.30. The zero-order valence-electron chi connectivity index (χ0n) is 28.5. The van der Waals surface area contributed by atoms with Gasteiger partial charge >= 0.3 is 12.1 Å². The van der Waals surface area contributed by atoms with Crippen molar-refractivity contribution in [1.82, 2.24) is 20.2 Å². The van der Waals surface area contributed by atoms with Crippen LogP contribution < -0.4 is 15.0 Å². The fourth-order valence-electron chi connectivity index (χ4n) is 6.72. The number of benzene rings is 2. The van der Waals surface area contributed by atoms with Gasteiger partial charge in [-0.25, -0.2) is 14.6 Å². The number of piperazine rings is 1. The van der Waals surface area contributed by atoms with Gasteiger partial charge in [0.25, 0.3) is 0 Å². The van der Waals surface area contributed by atoms with Gasteiger partial charge in [-0.3, -0.25) is 4.90 Å². The number of anilines is 1. The number of rotatable bonds is 9. The normalized spacial score (nSPS) is 18.8. The van der Waals surface area contributed by atoms with Gasteiger partial charge in [-0.2, -0.15) is 0 Å². The van der Waals surface area contributed by atoms with Gasteiger partial charge in [-0.05, 0) is 93.0 Å². The Balaban J connectivity index is 1.15. The summed E-state index contributed by atoms with van der Waals surface area (Å²) < 4.78 is 11.6. The van der Waals surface area contributed by atoms with E-state index < -0.39 is 11.6 Å². The summed E-state index contributed by atoms with van der Waals surface area (Å²) in [7, 11) is 0. The van der Waals surface area contributed by atoms with E-state index in [-0.39, 0.29) is 22.8 Å². The average Bonchev–Trinajstić information content (AvgIpc) is 3.52. The summed E-state index contributed by atoms with van der Waals surface area (Å²) in [4.78, 5) is 36.7. The number of alkyl carbamates (subject to hydrolysis) is 1. The molecular weight excluding hydrogens is 642 g/mol. The van der Waals surface area contributed by atoms with Gasteiger partial charge in [0.2, 0.25) is 0 Å². The number of hydrogen-bond acceptors (Lipinski definition) is 7. The molecule has 1 unspecified atom stereocenters. The molecular formula is C38H44ClN5O5. The Kier molecular flexibility index (Phi) is 9.90. The number of aromatic nitrogens is 2. The van der Waals surface area contributed by atoms with Crippen molar-refractivity contribution in [2.75, 3.05) is 44.2 Å². The van der Waals surface area contributed by atoms with Gasteiger partial charge in [0.1, 0.15) is 28.3 Å². The van der Waals surface area contributed by atoms with Crippen LogP contribution in [0.4, 0.5) is 10.5 Å². The number of nitrogens with zero attached hydrogens (tertiary/aromatic N) is 3. The third-order valence-electron chi connectivity index (χ3n) is 9.25. The summed E-state index contributed by atoms with van der Waals surface area (Å²) >= 11 is 6.24. The highest BCUT2D eigenvalue weighted by atomic mass is 35.5. The molecule has 0 bridgehead atoms. The average molecular weight is 686 g/mol. The number of ether oxygens (including phenoxy) is 2. The zero-order chi connectivity index (χ0) is 34.8. The number of aromatic carboxylic acids is 1. The highest BCUT2D eigenvalue weighted by Gasteiger charge is 2.34. The molecule has 1 aliphatic heterocycles. The van der Waals surface area contributed by atoms with Crippen molar-refractivity contribution >= 4 is 46.0 Å². The molecule has 4 aromatic rings. The number of pyridine rings is 1. The van der Waals surface area contributed by atoms with Gasteiger partial charge in [-0.1, -0.05) is 36.2 Å². The number of carboxylic acids is 1. The fourth-order valence-corrected chi connectivity index (χ4v) is 6.85. The van der Waals surface area contributed by atoms with Crippen molar-refractivity contribution in [1.29, 1.82) is 0 Å². The van der Waals surface area contributed by atoms with Crippen LogP contribution in [0.1, 0.15) is 62.9 Å². The predicted molar refractivity (Wildman–Crippen MR) is 193 cm³/mol. The molecule has 2 aromatic heterocycles. The molecule has 3 N–H and O–H groups in total. The van der Waals surface area contributed by atoms with E-state index in [0.717, 1.165) is 68.7 Å². The fraction of sp³-hybridized carbons (Fsp3) is 0.395. The molecule has 0 saturated carbocycles. The number of carboxylic acid groups (broad SMARTS) is 1. The van der Waals surface area contributed by atoms with Crippen LogP contribution >= 0.6 is 11.6 Å². The number of hydrogen-bond donors (Lipinski definition) is 3. The van der Waals surface area contributed by atoms with Crippen LogP contribution in [-0.4, -0.2) is 76.9 Å². The number of H-pyrrole nitrogens is 1. The predicted octanol–water partition coefficient (Wildman–Crippen LogP) is 8.00. The second-order valence-electron chi connectivity index (χ2n) is 14.4. The van der Waals surface area contributed by atoms with Gasteiger partial charge in [0.05, 0.1) is 6.20 Å². The van der Waals surface area contributed by atoms with Crippen LogP contribution in [-0.2, 0) is 4.74 Å². The standard InChI is InChI=1S/C38H44ClN5O5/c1-37(2,3)49-36(47)42-24-38(4)13-11-31(25-5-7-28(39)8-6-25)27(21-38)23-43-15-17-44(18-16-43)29-9-10-32(35(45)46)33(20-29)48-30-19-26-12-14-40-34(26)41-22-30/h5-10,12,14,19-20,22H,11,13,15-18,21,23-24H2,1-4H3,(H,40,41)(H,42,47)(H,45,46). The van der Waals surface area contributed by atoms with Gasteiger partial charge in [-0.15, -0.1) is 0 Å². The van der Waals surface area contributed by atoms with Crippen molar-refractivity contribution in [3.63, 3.8) is 0 Å². The Morgan fingerprint density at radius 1 is 1.06 bits per heavy atom. The van der Waals surface area contributed by atoms with E-state index in [1.807, 2.05) is 57.2 Å². The summed E-state index contributed by atoms with van der Waals surface area (Å²) in [5, 5.41) is 14.5. The molecule has 1 atom stereocenters. The van der Waals surface area contributed by atoms with Crippen molar-refractivity contribution in [3.05, 3.63) is 88.7 Å². The van der Waals surface area contributed by atoms with Gasteiger partial charge in [0, 0.05) is 67.6 Å². The zero-order valence-corrected chi connectivity index (χ0v) is 29.3. The monoisotopic (exact) mass is 685 g/mol. The van der Waals surface area contributed by atoms with Crippen molar-refractivity contribution in [2.24, 2.45) is 5.41 Å². The number of carbonyl (C=O) groups is 2. The Labute approximate surface area is 292 Å². The van der Waals surface area contributed by atoms with Crippen LogP contribution in [0.5, 0.6) is 11.5 Å². The van der Waals surface area contributed by atoms with Crippen LogP contribution in [0.15, 0.2) is 72.6 Å². The van der Waals surface area contributed by atoms with E-state index in [4.69, 9.17) is 21.1 Å². The third kappa shape index (κ3) is 8.55. The summed E-state index contributed by atoms with van der Waals surface area (Å²) in [5.74, 6) is -0.293. The Morgan fingerprint density at radius 3 is 2.53 bits per heavy atom. The molecule has 1 aliphatic carbocycles. The number of halogens is 1. The topological polar surface area (TPSA) is 120 Å². The number of allylic oxidation sites excluding steroid dienone is 1. The molecule has 1 fully saturated rings. The van der Waals surface area contributed by atoms with Crippen molar-refractivity contribution < 1.29 is 24.2 Å². The molecule has 0 radical (unpaired) electrons. The molecule has 1 amide bonds. The summed E-state index contributed by atoms with van der Waals surface area (Å²) in [6.45, 7) is 12.5. The van der Waals surface area contributed by atoms with Crippen LogP contribution in [0, 0.1) is 5.41 Å². The second kappa shape index (κ2) is 14.1. The summed E-state index contributed by atoms with van der Waals surface area (Å²) in [5.41, 5.74) is 5.02. The molecule has 2 aromatic carbocycles. The lowest BCUT2D eigenvalue weighted by Gasteiger charge is -2.41. The first-order valence-electron chi connectivity index (χ1n) is 16.7. The maximum atomic E-state index is 12.5. The maximum absolute atomic E-state index is 12.5. The van der Waals surface area contributed by atoms with Gasteiger partial charge in [0.15, 0.2) is 0 Å². The summed E-state index contributed by atoms with van der Waals surface area (Å²) in [6, 6.07) is 17.1. The molecule has 2 aliphatic rings. The molecule has 258 valence electrons. The van der Waals surface area contributed by atoms with E-state index in [1.54, 1.807) is 18.5 Å². The first-order valence-corrected chi connectivity index (χ1v) is 17.1. The number of nitrogens with one attached hydrogen (secondary N) is 2. The smallest absolute Gasteiger partial charge is 0.407 e. The first-order chi connectivity index (χ1) is 23.3. The van der Waals surface area contributed by atoms with E-state index >= 15 is 0 Å². The van der Waals surface area contributed by atoms with E-state index in [2.05, 4.69) is 44.1 Å².